The second-order valence-electron chi connectivity index (χ2n) is 4.54. The molecule has 0 rings (SSSR count). The zero-order valence-electron chi connectivity index (χ0n) is 12.4. The highest BCUT2D eigenvalue weighted by molar-refractivity contribution is 4.69. The van der Waals surface area contributed by atoms with Crippen LogP contribution < -0.4 is 0 Å². The van der Waals surface area contributed by atoms with Crippen molar-refractivity contribution < 1.29 is 9.47 Å². The van der Waals surface area contributed by atoms with E-state index in [4.69, 9.17) is 9.47 Å². The van der Waals surface area contributed by atoms with Gasteiger partial charge in [-0.15, -0.1) is 0 Å². The lowest BCUT2D eigenvalue weighted by Gasteiger charge is -2.32. The predicted molar refractivity (Wildman–Crippen MR) is 72.3 cm³/mol. The van der Waals surface area contributed by atoms with Gasteiger partial charge in [0, 0.05) is 32.3 Å². The first-order valence-electron chi connectivity index (χ1n) is 6.67. The van der Waals surface area contributed by atoms with Crippen molar-refractivity contribution in [3.63, 3.8) is 0 Å². The Balaban J connectivity index is 4.22. The van der Waals surface area contributed by atoms with Gasteiger partial charge in [-0.1, -0.05) is 6.92 Å². The van der Waals surface area contributed by atoms with E-state index in [0.717, 1.165) is 19.6 Å². The van der Waals surface area contributed by atoms with Gasteiger partial charge in [0.05, 0.1) is 0 Å². The van der Waals surface area contributed by atoms with Crippen LogP contribution in [-0.2, 0) is 9.47 Å². The van der Waals surface area contributed by atoms with Crippen LogP contribution in [0, 0.1) is 0 Å². The van der Waals surface area contributed by atoms with E-state index in [-0.39, 0.29) is 6.29 Å². The van der Waals surface area contributed by atoms with Gasteiger partial charge in [0.2, 0.25) is 0 Å². The minimum absolute atomic E-state index is 0.102. The minimum Gasteiger partial charge on any atom is -0.352 e. The molecule has 0 aliphatic heterocycles. The van der Waals surface area contributed by atoms with Crippen LogP contribution in [0.15, 0.2) is 0 Å². The molecule has 1 unspecified atom stereocenters. The molecule has 17 heavy (non-hydrogen) atoms. The Morgan fingerprint density at radius 3 is 1.82 bits per heavy atom. The molecule has 0 radical (unpaired) electrons. The highest BCUT2D eigenvalue weighted by Gasteiger charge is 2.18. The number of ether oxygens (including phenoxy) is 2. The first kappa shape index (κ1) is 16.8. The molecule has 0 spiro atoms. The van der Waals surface area contributed by atoms with Crippen LogP contribution in [0.5, 0.6) is 0 Å². The van der Waals surface area contributed by atoms with Crippen LogP contribution in [0.4, 0.5) is 0 Å². The third kappa shape index (κ3) is 7.71. The predicted octanol–water partition coefficient (Wildman–Crippen LogP) is 1.66. The average molecular weight is 246 g/mol. The van der Waals surface area contributed by atoms with E-state index >= 15 is 0 Å². The van der Waals surface area contributed by atoms with Crippen molar-refractivity contribution in [3.8, 4) is 0 Å². The van der Waals surface area contributed by atoms with Gasteiger partial charge in [0.25, 0.3) is 0 Å². The monoisotopic (exact) mass is 246 g/mol. The fourth-order valence-electron chi connectivity index (χ4n) is 1.98. The summed E-state index contributed by atoms with van der Waals surface area (Å²) in [6.07, 6.45) is -0.102. The smallest absolute Gasteiger partial charge is 0.170 e. The Morgan fingerprint density at radius 2 is 1.47 bits per heavy atom. The summed E-state index contributed by atoms with van der Waals surface area (Å²) in [7, 11) is 4.21. The fourth-order valence-corrected chi connectivity index (χ4v) is 1.98. The number of hydrogen-bond acceptors (Lipinski definition) is 4. The Labute approximate surface area is 107 Å². The molecule has 0 saturated carbocycles. The van der Waals surface area contributed by atoms with Crippen molar-refractivity contribution in [2.75, 3.05) is 46.9 Å². The maximum absolute atomic E-state index is 5.59. The fraction of sp³-hybridized carbons (Fsp3) is 1.00. The van der Waals surface area contributed by atoms with Crippen molar-refractivity contribution in [2.24, 2.45) is 0 Å². The van der Waals surface area contributed by atoms with Gasteiger partial charge < -0.3 is 14.4 Å². The van der Waals surface area contributed by atoms with Crippen LogP contribution in [-0.4, -0.2) is 69.1 Å². The van der Waals surface area contributed by atoms with Gasteiger partial charge in [-0.2, -0.15) is 0 Å². The molecule has 0 aliphatic rings. The van der Waals surface area contributed by atoms with Gasteiger partial charge in [0.15, 0.2) is 6.29 Å². The van der Waals surface area contributed by atoms with Gasteiger partial charge in [-0.05, 0) is 41.4 Å². The van der Waals surface area contributed by atoms with E-state index in [0.29, 0.717) is 19.3 Å². The average Bonchev–Trinajstić information content (AvgIpc) is 2.25. The lowest BCUT2D eigenvalue weighted by molar-refractivity contribution is -0.150. The van der Waals surface area contributed by atoms with Gasteiger partial charge >= 0.3 is 0 Å². The Hall–Kier alpha value is -0.160. The minimum atomic E-state index is -0.102. The number of hydrogen-bond donors (Lipinski definition) is 0. The van der Waals surface area contributed by atoms with Crippen LogP contribution in [0.2, 0.25) is 0 Å². The maximum atomic E-state index is 5.59. The highest BCUT2D eigenvalue weighted by Crippen LogP contribution is 2.05. The number of likely N-dealkylation sites (N-methyl/N-ethyl adjacent to an activating group) is 2. The normalized spacial score (nSPS) is 13.9. The zero-order valence-corrected chi connectivity index (χ0v) is 12.4. The lowest BCUT2D eigenvalue weighted by Crippen LogP contribution is -2.45. The molecule has 4 nitrogen and oxygen atoms in total. The molecule has 0 aromatic rings. The number of nitrogens with zero attached hydrogens (tertiary/aromatic N) is 2. The van der Waals surface area contributed by atoms with Crippen molar-refractivity contribution in [3.05, 3.63) is 0 Å². The Kier molecular flexibility index (Phi) is 9.74. The molecule has 0 fully saturated rings. The third-order valence-electron chi connectivity index (χ3n) is 2.75. The molecule has 104 valence electrons. The highest BCUT2D eigenvalue weighted by atomic mass is 16.7. The van der Waals surface area contributed by atoms with Crippen LogP contribution in [0.25, 0.3) is 0 Å². The topological polar surface area (TPSA) is 24.9 Å². The Morgan fingerprint density at radius 1 is 0.941 bits per heavy atom. The van der Waals surface area contributed by atoms with Crippen molar-refractivity contribution in [1.82, 2.24) is 9.80 Å². The summed E-state index contributed by atoms with van der Waals surface area (Å²) in [5, 5.41) is 0. The first-order valence-corrected chi connectivity index (χ1v) is 6.67. The summed E-state index contributed by atoms with van der Waals surface area (Å²) in [6.45, 7) is 12.8. The standard InChI is InChI=1S/C13H30N2O2/c1-7-15(12(4)10-14(5)6)11-13(16-8-2)17-9-3/h12-13H,7-11H2,1-6H3. The van der Waals surface area contributed by atoms with Gasteiger partial charge in [-0.25, -0.2) is 0 Å². The molecule has 0 aromatic carbocycles. The van der Waals surface area contributed by atoms with Gasteiger partial charge in [-0.3, -0.25) is 4.90 Å². The maximum Gasteiger partial charge on any atom is 0.170 e. The van der Waals surface area contributed by atoms with E-state index in [1.165, 1.54) is 0 Å². The van der Waals surface area contributed by atoms with E-state index in [1.807, 2.05) is 13.8 Å². The summed E-state index contributed by atoms with van der Waals surface area (Å²) in [4.78, 5) is 4.61. The summed E-state index contributed by atoms with van der Waals surface area (Å²) < 4.78 is 11.2. The molecule has 0 heterocycles. The summed E-state index contributed by atoms with van der Waals surface area (Å²) in [6, 6.07) is 0.512. The molecule has 4 heteroatoms. The third-order valence-corrected chi connectivity index (χ3v) is 2.75. The van der Waals surface area contributed by atoms with Crippen molar-refractivity contribution in [2.45, 2.75) is 40.0 Å². The molecule has 0 saturated heterocycles. The second kappa shape index (κ2) is 9.83. The molecule has 0 amide bonds. The van der Waals surface area contributed by atoms with Crippen molar-refractivity contribution >= 4 is 0 Å². The molecular weight excluding hydrogens is 216 g/mol. The quantitative estimate of drug-likeness (QED) is 0.547. The second-order valence-corrected chi connectivity index (χ2v) is 4.54. The van der Waals surface area contributed by atoms with Crippen LogP contribution in [0.3, 0.4) is 0 Å². The SMILES string of the molecule is CCOC(CN(CC)C(C)CN(C)C)OCC. The van der Waals surface area contributed by atoms with Crippen LogP contribution >= 0.6 is 0 Å². The summed E-state index contributed by atoms with van der Waals surface area (Å²) in [5.74, 6) is 0. The van der Waals surface area contributed by atoms with Crippen LogP contribution in [0.1, 0.15) is 27.7 Å². The summed E-state index contributed by atoms with van der Waals surface area (Å²) >= 11 is 0. The van der Waals surface area contributed by atoms with Crippen molar-refractivity contribution in [1.29, 1.82) is 0 Å². The first-order chi connectivity index (χ1) is 8.04. The molecular formula is C13H30N2O2. The lowest BCUT2D eigenvalue weighted by atomic mass is 10.2. The van der Waals surface area contributed by atoms with E-state index in [1.54, 1.807) is 0 Å². The molecule has 0 bridgehead atoms. The largest absolute Gasteiger partial charge is 0.352 e. The van der Waals surface area contributed by atoms with E-state index in [9.17, 15) is 0 Å². The summed E-state index contributed by atoms with van der Waals surface area (Å²) in [5.41, 5.74) is 0. The Bertz CT molecular complexity index is 171. The number of rotatable bonds is 10. The zero-order chi connectivity index (χ0) is 13.3. The molecule has 0 N–H and O–H groups in total. The van der Waals surface area contributed by atoms with E-state index in [2.05, 4.69) is 37.7 Å². The van der Waals surface area contributed by atoms with Gasteiger partial charge in [0.1, 0.15) is 0 Å². The van der Waals surface area contributed by atoms with E-state index < -0.39 is 0 Å². The molecule has 1 atom stereocenters. The molecule has 0 aliphatic carbocycles. The molecule has 0 aromatic heterocycles.